The molecule has 1 aliphatic heterocycles. The maximum atomic E-state index is 13.2. The second-order valence-corrected chi connectivity index (χ2v) is 12.4. The number of halogens is 3. The van der Waals surface area contributed by atoms with Crippen LogP contribution in [0.5, 0.6) is 5.75 Å². The van der Waals surface area contributed by atoms with Crippen LogP contribution in [0.1, 0.15) is 49.4 Å². The quantitative estimate of drug-likeness (QED) is 0.225. The first-order valence-electron chi connectivity index (χ1n) is 14.7. The van der Waals surface area contributed by atoms with Crippen molar-refractivity contribution in [2.45, 2.75) is 60.4 Å². The molecule has 0 aliphatic carbocycles. The number of carbonyl (C=O) groups is 1. The summed E-state index contributed by atoms with van der Waals surface area (Å²) < 4.78 is 42.8. The Kier molecular flexibility index (Phi) is 9.57. The van der Waals surface area contributed by atoms with Crippen molar-refractivity contribution in [1.29, 1.82) is 0 Å². The SMILES string of the molecule is C/C(NC(=O)/N=C1\SCCC(C)N1c1c(C)cc(C)cc1C)=C(/C)c1ccc(-c2ncn(-c3ccc(OC(F)(F)F)cc3)n2)cc1. The number of amidine groups is 1. The number of hydrogen-bond donors (Lipinski definition) is 1. The van der Waals surface area contributed by atoms with E-state index in [-0.39, 0.29) is 11.8 Å². The smallest absolute Gasteiger partial charge is 0.406 e. The number of ether oxygens (including phenoxy) is 1. The number of nitrogens with zero attached hydrogens (tertiary/aromatic N) is 5. The second kappa shape index (κ2) is 13.4. The Morgan fingerprint density at radius 2 is 1.67 bits per heavy atom. The highest BCUT2D eigenvalue weighted by Crippen LogP contribution is 2.35. The molecule has 46 heavy (non-hydrogen) atoms. The van der Waals surface area contributed by atoms with Crippen molar-refractivity contribution in [2.24, 2.45) is 4.99 Å². The maximum absolute atomic E-state index is 13.2. The van der Waals surface area contributed by atoms with Crippen molar-refractivity contribution >= 4 is 34.2 Å². The minimum Gasteiger partial charge on any atom is -0.406 e. The number of aliphatic imine (C=N–C) groups is 1. The summed E-state index contributed by atoms with van der Waals surface area (Å²) in [6.07, 6.45) is -2.27. The average Bonchev–Trinajstić information content (AvgIpc) is 3.48. The molecule has 2 amide bonds. The molecule has 0 saturated carbocycles. The first-order valence-corrected chi connectivity index (χ1v) is 15.7. The van der Waals surface area contributed by atoms with Gasteiger partial charge in [-0.1, -0.05) is 53.7 Å². The van der Waals surface area contributed by atoms with Crippen molar-refractivity contribution in [2.75, 3.05) is 10.7 Å². The van der Waals surface area contributed by atoms with Crippen LogP contribution in [0.25, 0.3) is 22.6 Å². The van der Waals surface area contributed by atoms with E-state index in [1.165, 1.54) is 40.8 Å². The molecule has 3 aromatic carbocycles. The molecule has 1 aliphatic rings. The van der Waals surface area contributed by atoms with Gasteiger partial charge in [0.1, 0.15) is 12.1 Å². The number of alkyl halides is 3. The van der Waals surface area contributed by atoms with Gasteiger partial charge in [0.05, 0.1) is 5.69 Å². The van der Waals surface area contributed by atoms with Crippen LogP contribution >= 0.6 is 11.8 Å². The molecular formula is C34H35F3N6O2S. The number of anilines is 1. The first-order chi connectivity index (χ1) is 21.8. The van der Waals surface area contributed by atoms with Crippen LogP contribution in [-0.4, -0.2) is 44.1 Å². The Morgan fingerprint density at radius 1 is 1.02 bits per heavy atom. The number of aryl methyl sites for hydroxylation is 3. The number of allylic oxidation sites excluding steroid dienone is 2. The van der Waals surface area contributed by atoms with Crippen molar-refractivity contribution in [3.63, 3.8) is 0 Å². The standard InChI is InChI=1S/C34H35F3N6O2S/c1-20-17-21(2)30(22(3)18-20)43-23(4)15-16-46-33(43)40-32(44)39-25(6)24(5)26-7-9-27(10-8-26)31-38-19-42(41-31)28-11-13-29(14-12-28)45-34(35,36)37/h7-14,17-19,23H,15-16H2,1-6H3,(H,39,44)/b25-24+,40-33-. The summed E-state index contributed by atoms with van der Waals surface area (Å²) in [7, 11) is 0. The van der Waals surface area contributed by atoms with Crippen molar-refractivity contribution < 1.29 is 22.7 Å². The number of carbonyl (C=O) groups excluding carboxylic acids is 1. The normalized spacial score (nSPS) is 16.8. The summed E-state index contributed by atoms with van der Waals surface area (Å²) in [4.78, 5) is 24.2. The molecule has 240 valence electrons. The van der Waals surface area contributed by atoms with Crippen LogP contribution in [0.2, 0.25) is 0 Å². The molecule has 8 nitrogen and oxygen atoms in total. The molecule has 1 saturated heterocycles. The molecule has 1 fully saturated rings. The number of nitrogens with one attached hydrogen (secondary N) is 1. The lowest BCUT2D eigenvalue weighted by Crippen LogP contribution is -2.43. The predicted octanol–water partition coefficient (Wildman–Crippen LogP) is 8.61. The van der Waals surface area contributed by atoms with Crippen molar-refractivity contribution in [1.82, 2.24) is 20.1 Å². The van der Waals surface area contributed by atoms with E-state index in [1.807, 2.05) is 38.1 Å². The molecule has 1 N–H and O–H groups in total. The average molecular weight is 649 g/mol. The van der Waals surface area contributed by atoms with E-state index in [4.69, 9.17) is 0 Å². The van der Waals surface area contributed by atoms with Crippen LogP contribution in [0.15, 0.2) is 77.7 Å². The van der Waals surface area contributed by atoms with Gasteiger partial charge in [0.2, 0.25) is 0 Å². The fraction of sp³-hybridized carbons (Fsp3) is 0.294. The Labute approximate surface area is 270 Å². The number of thioether (sulfide) groups is 1. The summed E-state index contributed by atoms with van der Waals surface area (Å²) in [5.74, 6) is 1.03. The van der Waals surface area contributed by atoms with Gasteiger partial charge in [-0.05, 0) is 94.5 Å². The van der Waals surface area contributed by atoms with E-state index in [0.717, 1.165) is 45.7 Å². The Morgan fingerprint density at radius 3 is 2.30 bits per heavy atom. The van der Waals surface area contributed by atoms with Crippen LogP contribution in [-0.2, 0) is 0 Å². The third-order valence-electron chi connectivity index (χ3n) is 7.75. The van der Waals surface area contributed by atoms with Crippen molar-refractivity contribution in [3.8, 4) is 22.8 Å². The van der Waals surface area contributed by atoms with Gasteiger partial charge < -0.3 is 15.0 Å². The van der Waals surface area contributed by atoms with Crippen LogP contribution in [0.3, 0.4) is 0 Å². The zero-order valence-electron chi connectivity index (χ0n) is 26.4. The molecule has 1 aromatic heterocycles. The molecule has 12 heteroatoms. The van der Waals surface area contributed by atoms with Crippen LogP contribution in [0.4, 0.5) is 23.7 Å². The lowest BCUT2D eigenvalue weighted by molar-refractivity contribution is -0.274. The van der Waals surface area contributed by atoms with Gasteiger partial charge in [-0.3, -0.25) is 0 Å². The number of aromatic nitrogens is 3. The van der Waals surface area contributed by atoms with Crippen LogP contribution < -0.4 is 15.0 Å². The molecule has 0 bridgehead atoms. The van der Waals surface area contributed by atoms with E-state index >= 15 is 0 Å². The molecule has 1 atom stereocenters. The molecule has 4 aromatic rings. The van der Waals surface area contributed by atoms with Gasteiger partial charge in [-0.2, -0.15) is 4.99 Å². The van der Waals surface area contributed by atoms with E-state index < -0.39 is 12.4 Å². The summed E-state index contributed by atoms with van der Waals surface area (Å²) in [6.45, 7) is 12.2. The maximum Gasteiger partial charge on any atom is 0.573 e. The first kappa shape index (κ1) is 32.8. The van der Waals surface area contributed by atoms with Gasteiger partial charge >= 0.3 is 12.4 Å². The molecule has 0 spiro atoms. The van der Waals surface area contributed by atoms with Crippen molar-refractivity contribution in [3.05, 3.63) is 94.9 Å². The largest absolute Gasteiger partial charge is 0.573 e. The highest BCUT2D eigenvalue weighted by atomic mass is 32.2. The van der Waals surface area contributed by atoms with Gasteiger partial charge in [0.15, 0.2) is 11.0 Å². The van der Waals surface area contributed by atoms with Gasteiger partial charge in [-0.25, -0.2) is 14.5 Å². The van der Waals surface area contributed by atoms with E-state index in [1.54, 1.807) is 11.8 Å². The topological polar surface area (TPSA) is 84.6 Å². The molecular weight excluding hydrogens is 613 g/mol. The van der Waals surface area contributed by atoms with Gasteiger partial charge in [-0.15, -0.1) is 18.3 Å². The Bertz CT molecular complexity index is 1770. The number of amides is 2. The van der Waals surface area contributed by atoms with Gasteiger partial charge in [0.25, 0.3) is 0 Å². The molecule has 2 heterocycles. The lowest BCUT2D eigenvalue weighted by Gasteiger charge is -2.37. The molecule has 0 radical (unpaired) electrons. The fourth-order valence-corrected chi connectivity index (χ4v) is 6.64. The third-order valence-corrected chi connectivity index (χ3v) is 8.73. The zero-order chi connectivity index (χ0) is 33.2. The zero-order valence-corrected chi connectivity index (χ0v) is 27.3. The highest BCUT2D eigenvalue weighted by molar-refractivity contribution is 8.14. The monoisotopic (exact) mass is 648 g/mol. The van der Waals surface area contributed by atoms with Gasteiger partial charge in [0, 0.05) is 28.7 Å². The highest BCUT2D eigenvalue weighted by Gasteiger charge is 2.31. The van der Waals surface area contributed by atoms with E-state index in [9.17, 15) is 18.0 Å². The van der Waals surface area contributed by atoms with E-state index in [0.29, 0.717) is 22.4 Å². The minimum atomic E-state index is -4.75. The fourth-order valence-electron chi connectivity index (χ4n) is 5.44. The Balaban J connectivity index is 1.29. The number of hydrogen-bond acceptors (Lipinski definition) is 5. The minimum absolute atomic E-state index is 0.212. The Hall–Kier alpha value is -4.58. The van der Waals surface area contributed by atoms with Crippen LogP contribution in [0, 0.1) is 20.8 Å². The molecule has 1 unspecified atom stereocenters. The number of rotatable bonds is 6. The second-order valence-electron chi connectivity index (χ2n) is 11.3. The third kappa shape index (κ3) is 7.61. The predicted molar refractivity (Wildman–Crippen MR) is 177 cm³/mol. The number of benzene rings is 3. The molecule has 5 rings (SSSR count). The number of urea groups is 1. The summed E-state index contributed by atoms with van der Waals surface area (Å²) in [5.41, 5.74) is 8.39. The summed E-state index contributed by atoms with van der Waals surface area (Å²) in [6, 6.07) is 17.1. The summed E-state index contributed by atoms with van der Waals surface area (Å²) >= 11 is 1.59. The lowest BCUT2D eigenvalue weighted by atomic mass is 10.0. The summed E-state index contributed by atoms with van der Waals surface area (Å²) in [5, 5.41) is 8.10. The van der Waals surface area contributed by atoms with E-state index in [2.05, 4.69) is 69.9 Å².